The molecule has 1 heterocycles. The van der Waals surface area contributed by atoms with E-state index in [1.807, 2.05) is 0 Å². The van der Waals surface area contributed by atoms with Crippen LogP contribution in [-0.2, 0) is 0 Å². The lowest BCUT2D eigenvalue weighted by Gasteiger charge is -2.23. The van der Waals surface area contributed by atoms with E-state index in [0.717, 1.165) is 18.7 Å². The van der Waals surface area contributed by atoms with Gasteiger partial charge in [-0.05, 0) is 30.9 Å². The lowest BCUT2D eigenvalue weighted by molar-refractivity contribution is 0.299. The fraction of sp³-hybridized carbons (Fsp3) is 0.750. The van der Waals surface area contributed by atoms with Crippen molar-refractivity contribution in [3.05, 3.63) is 12.2 Å². The standard InChI is InChI=1S/C8H15NO/c1-7(6-10)8-3-2-4-9-5-8/h8-10H,1-6H2. The predicted octanol–water partition coefficient (Wildman–Crippen LogP) is 0.534. The van der Waals surface area contributed by atoms with Gasteiger partial charge in [-0.3, -0.25) is 0 Å². The zero-order valence-corrected chi connectivity index (χ0v) is 6.27. The molecule has 0 spiro atoms. The van der Waals surface area contributed by atoms with Crippen LogP contribution in [0.25, 0.3) is 0 Å². The Balaban J connectivity index is 2.31. The van der Waals surface area contributed by atoms with Crippen LogP contribution in [0.2, 0.25) is 0 Å². The van der Waals surface area contributed by atoms with E-state index in [0.29, 0.717) is 5.92 Å². The molecule has 2 nitrogen and oxygen atoms in total. The Kier molecular flexibility index (Phi) is 2.90. The molecule has 10 heavy (non-hydrogen) atoms. The summed E-state index contributed by atoms with van der Waals surface area (Å²) in [5.41, 5.74) is 0.979. The van der Waals surface area contributed by atoms with E-state index in [9.17, 15) is 0 Å². The monoisotopic (exact) mass is 141 g/mol. The summed E-state index contributed by atoms with van der Waals surface area (Å²) in [5, 5.41) is 12.0. The smallest absolute Gasteiger partial charge is 0.0642 e. The van der Waals surface area contributed by atoms with Gasteiger partial charge in [0.05, 0.1) is 6.61 Å². The average Bonchev–Trinajstić information content (AvgIpc) is 2.05. The van der Waals surface area contributed by atoms with Crippen LogP contribution >= 0.6 is 0 Å². The van der Waals surface area contributed by atoms with Gasteiger partial charge in [0.2, 0.25) is 0 Å². The maximum Gasteiger partial charge on any atom is 0.0642 e. The van der Waals surface area contributed by atoms with Crippen LogP contribution < -0.4 is 5.32 Å². The molecule has 1 fully saturated rings. The fourth-order valence-electron chi connectivity index (χ4n) is 1.33. The van der Waals surface area contributed by atoms with Crippen LogP contribution in [0.4, 0.5) is 0 Å². The van der Waals surface area contributed by atoms with Crippen LogP contribution in [0.3, 0.4) is 0 Å². The van der Waals surface area contributed by atoms with Crippen molar-refractivity contribution >= 4 is 0 Å². The van der Waals surface area contributed by atoms with Crippen LogP contribution in [0, 0.1) is 5.92 Å². The van der Waals surface area contributed by atoms with Gasteiger partial charge in [-0.1, -0.05) is 6.58 Å². The first-order chi connectivity index (χ1) is 4.84. The molecule has 1 aliphatic rings. The van der Waals surface area contributed by atoms with E-state index in [4.69, 9.17) is 5.11 Å². The van der Waals surface area contributed by atoms with Crippen molar-refractivity contribution in [1.82, 2.24) is 5.32 Å². The highest BCUT2D eigenvalue weighted by Gasteiger charge is 2.14. The minimum Gasteiger partial charge on any atom is -0.392 e. The van der Waals surface area contributed by atoms with E-state index in [1.165, 1.54) is 12.8 Å². The number of piperidine rings is 1. The van der Waals surface area contributed by atoms with E-state index in [2.05, 4.69) is 11.9 Å². The highest BCUT2D eigenvalue weighted by Crippen LogP contribution is 2.16. The van der Waals surface area contributed by atoms with E-state index in [1.54, 1.807) is 0 Å². The summed E-state index contributed by atoms with van der Waals surface area (Å²) in [6.45, 7) is 6.07. The minimum atomic E-state index is 0.145. The number of aliphatic hydroxyl groups is 1. The molecule has 1 saturated heterocycles. The van der Waals surface area contributed by atoms with Gasteiger partial charge in [0.25, 0.3) is 0 Å². The number of nitrogens with one attached hydrogen (secondary N) is 1. The molecule has 0 radical (unpaired) electrons. The molecule has 0 aromatic heterocycles. The van der Waals surface area contributed by atoms with Gasteiger partial charge in [0, 0.05) is 6.54 Å². The van der Waals surface area contributed by atoms with Crippen molar-refractivity contribution in [3.8, 4) is 0 Å². The second-order valence-corrected chi connectivity index (χ2v) is 2.86. The molecule has 2 N–H and O–H groups in total. The maximum atomic E-state index is 8.76. The fourth-order valence-corrected chi connectivity index (χ4v) is 1.33. The average molecular weight is 141 g/mol. The van der Waals surface area contributed by atoms with Crippen LogP contribution in [0.1, 0.15) is 12.8 Å². The summed E-state index contributed by atoms with van der Waals surface area (Å²) in [7, 11) is 0. The van der Waals surface area contributed by atoms with Crippen LogP contribution in [0.15, 0.2) is 12.2 Å². The first-order valence-electron chi connectivity index (χ1n) is 3.84. The summed E-state index contributed by atoms with van der Waals surface area (Å²) >= 11 is 0. The topological polar surface area (TPSA) is 32.3 Å². The van der Waals surface area contributed by atoms with Gasteiger partial charge in [0.1, 0.15) is 0 Å². The molecular formula is C8H15NO. The third-order valence-electron chi connectivity index (χ3n) is 2.08. The number of aliphatic hydroxyl groups excluding tert-OH is 1. The summed E-state index contributed by atoms with van der Waals surface area (Å²) in [6, 6.07) is 0. The van der Waals surface area contributed by atoms with Gasteiger partial charge in [-0.15, -0.1) is 0 Å². The van der Waals surface area contributed by atoms with Crippen LogP contribution in [-0.4, -0.2) is 24.8 Å². The van der Waals surface area contributed by atoms with Crippen molar-refractivity contribution in [3.63, 3.8) is 0 Å². The Morgan fingerprint density at radius 1 is 1.70 bits per heavy atom. The SMILES string of the molecule is C=C(CO)C1CCCNC1. The normalized spacial score (nSPS) is 26.3. The number of rotatable bonds is 2. The van der Waals surface area contributed by atoms with Crippen molar-refractivity contribution in [2.45, 2.75) is 12.8 Å². The van der Waals surface area contributed by atoms with Gasteiger partial charge in [-0.25, -0.2) is 0 Å². The van der Waals surface area contributed by atoms with E-state index >= 15 is 0 Å². The number of hydrogen-bond donors (Lipinski definition) is 2. The third-order valence-corrected chi connectivity index (χ3v) is 2.08. The minimum absolute atomic E-state index is 0.145. The molecule has 0 aromatic carbocycles. The van der Waals surface area contributed by atoms with Gasteiger partial charge >= 0.3 is 0 Å². The first-order valence-corrected chi connectivity index (χ1v) is 3.84. The first kappa shape index (κ1) is 7.76. The summed E-state index contributed by atoms with van der Waals surface area (Å²) in [4.78, 5) is 0. The van der Waals surface area contributed by atoms with Crippen molar-refractivity contribution in [2.24, 2.45) is 5.92 Å². The maximum absolute atomic E-state index is 8.76. The van der Waals surface area contributed by atoms with Crippen LogP contribution in [0.5, 0.6) is 0 Å². The highest BCUT2D eigenvalue weighted by molar-refractivity contribution is 5.02. The van der Waals surface area contributed by atoms with Crippen molar-refractivity contribution in [1.29, 1.82) is 0 Å². The van der Waals surface area contributed by atoms with Crippen molar-refractivity contribution in [2.75, 3.05) is 19.7 Å². The third kappa shape index (κ3) is 1.82. The molecule has 58 valence electrons. The second kappa shape index (κ2) is 3.74. The molecule has 2 heteroatoms. The molecule has 1 rings (SSSR count). The van der Waals surface area contributed by atoms with Gasteiger partial charge in [-0.2, -0.15) is 0 Å². The molecule has 1 aliphatic heterocycles. The molecule has 0 aromatic rings. The Morgan fingerprint density at radius 3 is 3.00 bits per heavy atom. The van der Waals surface area contributed by atoms with Gasteiger partial charge < -0.3 is 10.4 Å². The lowest BCUT2D eigenvalue weighted by atomic mass is 9.93. The second-order valence-electron chi connectivity index (χ2n) is 2.86. The van der Waals surface area contributed by atoms with Crippen molar-refractivity contribution < 1.29 is 5.11 Å². The quantitative estimate of drug-likeness (QED) is 0.550. The molecule has 0 aliphatic carbocycles. The Bertz CT molecular complexity index is 116. The predicted molar refractivity (Wildman–Crippen MR) is 41.8 cm³/mol. The number of hydrogen-bond acceptors (Lipinski definition) is 2. The molecule has 0 amide bonds. The molecule has 0 bridgehead atoms. The summed E-state index contributed by atoms with van der Waals surface area (Å²) in [5.74, 6) is 0.513. The Morgan fingerprint density at radius 2 is 2.50 bits per heavy atom. The lowest BCUT2D eigenvalue weighted by Crippen LogP contribution is -2.31. The van der Waals surface area contributed by atoms with E-state index in [-0.39, 0.29) is 6.61 Å². The largest absolute Gasteiger partial charge is 0.392 e. The summed E-state index contributed by atoms with van der Waals surface area (Å²) in [6.07, 6.45) is 2.40. The molecule has 0 saturated carbocycles. The van der Waals surface area contributed by atoms with E-state index < -0.39 is 0 Å². The zero-order chi connectivity index (χ0) is 7.40. The van der Waals surface area contributed by atoms with Gasteiger partial charge in [0.15, 0.2) is 0 Å². The Hall–Kier alpha value is -0.340. The Labute approximate surface area is 61.9 Å². The zero-order valence-electron chi connectivity index (χ0n) is 6.27. The molecule has 1 unspecified atom stereocenters. The summed E-state index contributed by atoms with van der Waals surface area (Å²) < 4.78 is 0. The highest BCUT2D eigenvalue weighted by atomic mass is 16.3. The molecule has 1 atom stereocenters. The molecular weight excluding hydrogens is 126 g/mol.